The van der Waals surface area contributed by atoms with Gasteiger partial charge in [-0.05, 0) is 17.7 Å². The molecule has 0 spiro atoms. The predicted molar refractivity (Wildman–Crippen MR) is 85.8 cm³/mol. The van der Waals surface area contributed by atoms with Crippen LogP contribution in [0.4, 0.5) is 0 Å². The quantitative estimate of drug-likeness (QED) is 0.785. The van der Waals surface area contributed by atoms with Gasteiger partial charge in [0.15, 0.2) is 0 Å². The molecule has 0 fully saturated rings. The number of hydrogen-bond acceptors (Lipinski definition) is 2. The highest BCUT2D eigenvalue weighted by Crippen LogP contribution is 2.20. The van der Waals surface area contributed by atoms with E-state index in [0.29, 0.717) is 13.0 Å². The van der Waals surface area contributed by atoms with E-state index in [2.05, 4.69) is 12.1 Å². The van der Waals surface area contributed by atoms with Crippen LogP contribution in [0, 0.1) is 5.92 Å². The van der Waals surface area contributed by atoms with E-state index in [-0.39, 0.29) is 0 Å². The van der Waals surface area contributed by atoms with Crippen molar-refractivity contribution in [1.82, 2.24) is 9.55 Å². The maximum Gasteiger partial charge on any atom is 0.308 e. The summed E-state index contributed by atoms with van der Waals surface area (Å²) in [5.74, 6) is -0.337. The molecule has 3 rings (SSSR count). The minimum atomic E-state index is -0.788. The number of benzene rings is 2. The molecule has 22 heavy (non-hydrogen) atoms. The molecular weight excluding hydrogens is 276 g/mol. The predicted octanol–water partition coefficient (Wildman–Crippen LogP) is 3.35. The zero-order valence-corrected chi connectivity index (χ0v) is 12.4. The van der Waals surface area contributed by atoms with Crippen molar-refractivity contribution in [3.8, 4) is 0 Å². The first-order valence-corrected chi connectivity index (χ1v) is 7.36. The number of rotatable bonds is 5. The second-order valence-corrected chi connectivity index (χ2v) is 5.53. The van der Waals surface area contributed by atoms with Gasteiger partial charge in [-0.3, -0.25) is 4.79 Å². The average Bonchev–Trinajstić information content (AvgIpc) is 2.86. The summed E-state index contributed by atoms with van der Waals surface area (Å²) in [6.45, 7) is 2.15. The van der Waals surface area contributed by atoms with Gasteiger partial charge in [0.1, 0.15) is 5.82 Å². The van der Waals surface area contributed by atoms with Gasteiger partial charge < -0.3 is 9.67 Å². The fourth-order valence-corrected chi connectivity index (χ4v) is 2.59. The van der Waals surface area contributed by atoms with Crippen molar-refractivity contribution in [2.24, 2.45) is 5.92 Å². The molecule has 2 aromatic carbocycles. The number of carboxylic acids is 1. The molecule has 1 unspecified atom stereocenters. The van der Waals surface area contributed by atoms with E-state index in [4.69, 9.17) is 4.98 Å². The monoisotopic (exact) mass is 294 g/mol. The molecule has 0 amide bonds. The Labute approximate surface area is 129 Å². The van der Waals surface area contributed by atoms with Crippen molar-refractivity contribution in [2.75, 3.05) is 0 Å². The minimum Gasteiger partial charge on any atom is -0.481 e. The van der Waals surface area contributed by atoms with Gasteiger partial charge in [-0.25, -0.2) is 4.98 Å². The summed E-state index contributed by atoms with van der Waals surface area (Å²) in [6.07, 6.45) is 0.696. The highest BCUT2D eigenvalue weighted by molar-refractivity contribution is 5.76. The van der Waals surface area contributed by atoms with Crippen molar-refractivity contribution in [1.29, 1.82) is 0 Å². The van der Waals surface area contributed by atoms with Crippen LogP contribution in [-0.2, 0) is 17.8 Å². The first-order chi connectivity index (χ1) is 10.6. The summed E-state index contributed by atoms with van der Waals surface area (Å²) in [6, 6.07) is 18.0. The molecule has 0 bridgehead atoms. The minimum absolute atomic E-state index is 0.429. The lowest BCUT2D eigenvalue weighted by Gasteiger charge is -2.12. The number of aliphatic carboxylic acids is 1. The van der Waals surface area contributed by atoms with Gasteiger partial charge in [-0.15, -0.1) is 0 Å². The van der Waals surface area contributed by atoms with Crippen LogP contribution in [-0.4, -0.2) is 20.6 Å². The van der Waals surface area contributed by atoms with Gasteiger partial charge in [-0.1, -0.05) is 49.4 Å². The Morgan fingerprint density at radius 1 is 1.14 bits per heavy atom. The molecule has 112 valence electrons. The fourth-order valence-electron chi connectivity index (χ4n) is 2.59. The zero-order valence-electron chi connectivity index (χ0n) is 12.4. The van der Waals surface area contributed by atoms with Crippen LogP contribution in [0.25, 0.3) is 11.0 Å². The van der Waals surface area contributed by atoms with E-state index in [1.807, 2.05) is 47.0 Å². The Bertz CT molecular complexity index is 793. The van der Waals surface area contributed by atoms with Gasteiger partial charge >= 0.3 is 5.97 Å². The lowest BCUT2D eigenvalue weighted by molar-refractivity contribution is -0.141. The fraction of sp³-hybridized carbons (Fsp3) is 0.222. The smallest absolute Gasteiger partial charge is 0.308 e. The molecule has 0 aliphatic rings. The summed E-state index contributed by atoms with van der Waals surface area (Å²) in [7, 11) is 0. The third-order valence-corrected chi connectivity index (χ3v) is 3.82. The van der Waals surface area contributed by atoms with E-state index in [9.17, 15) is 9.90 Å². The van der Waals surface area contributed by atoms with E-state index in [1.165, 1.54) is 5.56 Å². The highest BCUT2D eigenvalue weighted by Gasteiger charge is 2.17. The summed E-state index contributed by atoms with van der Waals surface area (Å²) >= 11 is 0. The van der Waals surface area contributed by atoms with E-state index in [1.54, 1.807) is 6.92 Å². The van der Waals surface area contributed by atoms with Crippen molar-refractivity contribution in [3.63, 3.8) is 0 Å². The zero-order chi connectivity index (χ0) is 15.5. The normalized spacial score (nSPS) is 12.4. The van der Waals surface area contributed by atoms with E-state index < -0.39 is 11.9 Å². The summed E-state index contributed by atoms with van der Waals surface area (Å²) in [5.41, 5.74) is 3.06. The standard InChI is InChI=1S/C18H18N2O2/c1-13(18(21)22)12-20-16-10-6-5-9-15(16)19-17(20)11-14-7-3-2-4-8-14/h2-10,13H,11-12H2,1H3,(H,21,22). The number of hydrogen-bond donors (Lipinski definition) is 1. The highest BCUT2D eigenvalue weighted by atomic mass is 16.4. The molecule has 0 saturated heterocycles. The number of carbonyl (C=O) groups is 1. The molecule has 0 aliphatic heterocycles. The van der Waals surface area contributed by atoms with Gasteiger partial charge in [-0.2, -0.15) is 0 Å². The lowest BCUT2D eigenvalue weighted by Crippen LogP contribution is -2.18. The number of nitrogens with zero attached hydrogens (tertiary/aromatic N) is 2. The van der Waals surface area contributed by atoms with Crippen molar-refractivity contribution in [3.05, 3.63) is 66.0 Å². The Kier molecular flexibility index (Phi) is 3.92. The first kappa shape index (κ1) is 14.3. The van der Waals surface area contributed by atoms with Crippen LogP contribution >= 0.6 is 0 Å². The second-order valence-electron chi connectivity index (χ2n) is 5.53. The third kappa shape index (κ3) is 2.86. The second kappa shape index (κ2) is 6.02. The van der Waals surface area contributed by atoms with E-state index in [0.717, 1.165) is 16.9 Å². The molecule has 3 aromatic rings. The van der Waals surface area contributed by atoms with Crippen molar-refractivity contribution in [2.45, 2.75) is 19.9 Å². The molecule has 0 radical (unpaired) electrons. The Balaban J connectivity index is 2.02. The number of para-hydroxylation sites is 2. The topological polar surface area (TPSA) is 55.1 Å². The summed E-state index contributed by atoms with van der Waals surface area (Å²) in [4.78, 5) is 15.9. The van der Waals surface area contributed by atoms with Crippen LogP contribution in [0.5, 0.6) is 0 Å². The van der Waals surface area contributed by atoms with Crippen LogP contribution in [0.3, 0.4) is 0 Å². The molecule has 1 atom stereocenters. The SMILES string of the molecule is CC(Cn1c(Cc2ccccc2)nc2ccccc21)C(=O)O. The summed E-state index contributed by atoms with van der Waals surface area (Å²) in [5, 5.41) is 9.20. The van der Waals surface area contributed by atoms with Crippen LogP contribution in [0.1, 0.15) is 18.3 Å². The third-order valence-electron chi connectivity index (χ3n) is 3.82. The van der Waals surface area contributed by atoms with Gasteiger partial charge in [0.05, 0.1) is 17.0 Å². The molecule has 1 aromatic heterocycles. The molecule has 1 heterocycles. The Morgan fingerprint density at radius 3 is 2.55 bits per heavy atom. The van der Waals surface area contributed by atoms with Crippen LogP contribution in [0.2, 0.25) is 0 Å². The maximum atomic E-state index is 11.2. The molecule has 1 N–H and O–H groups in total. The van der Waals surface area contributed by atoms with Crippen LogP contribution < -0.4 is 0 Å². The van der Waals surface area contributed by atoms with Crippen molar-refractivity contribution >= 4 is 17.0 Å². The van der Waals surface area contributed by atoms with Gasteiger partial charge in [0, 0.05) is 13.0 Å². The average molecular weight is 294 g/mol. The molecule has 4 nitrogen and oxygen atoms in total. The number of imidazole rings is 1. The van der Waals surface area contributed by atoms with Gasteiger partial charge in [0.2, 0.25) is 0 Å². The Morgan fingerprint density at radius 2 is 1.82 bits per heavy atom. The first-order valence-electron chi connectivity index (χ1n) is 7.36. The van der Waals surface area contributed by atoms with Gasteiger partial charge in [0.25, 0.3) is 0 Å². The number of carboxylic acid groups (broad SMARTS) is 1. The summed E-state index contributed by atoms with van der Waals surface area (Å²) < 4.78 is 2.03. The van der Waals surface area contributed by atoms with Crippen LogP contribution in [0.15, 0.2) is 54.6 Å². The molecule has 4 heteroatoms. The largest absolute Gasteiger partial charge is 0.481 e. The Hall–Kier alpha value is -2.62. The number of aromatic nitrogens is 2. The molecule has 0 aliphatic carbocycles. The molecular formula is C18H18N2O2. The molecule has 0 saturated carbocycles. The van der Waals surface area contributed by atoms with E-state index >= 15 is 0 Å². The lowest BCUT2D eigenvalue weighted by atomic mass is 10.1. The van der Waals surface area contributed by atoms with Crippen molar-refractivity contribution < 1.29 is 9.90 Å². The maximum absolute atomic E-state index is 11.2. The number of fused-ring (bicyclic) bond motifs is 1.